The molecule has 2 aromatic rings. The van der Waals surface area contributed by atoms with E-state index in [9.17, 15) is 4.79 Å². The molecule has 0 spiro atoms. The maximum Gasteiger partial charge on any atom is 0.185 e. The molecular weight excluding hydrogens is 294 g/mol. The largest absolute Gasteiger partial charge is 0.292 e. The number of ketones is 1. The molecule has 2 aliphatic carbocycles. The molecule has 0 saturated heterocycles. The number of carbonyl (C=O) groups excluding carboxylic acids is 1. The van der Waals surface area contributed by atoms with Crippen molar-refractivity contribution in [3.8, 4) is 0 Å². The maximum absolute atomic E-state index is 13.0. The molecule has 0 N–H and O–H groups in total. The van der Waals surface area contributed by atoms with Crippen molar-refractivity contribution in [3.05, 3.63) is 77.1 Å². The Morgan fingerprint density at radius 3 is 2.55 bits per heavy atom. The van der Waals surface area contributed by atoms with Gasteiger partial charge in [-0.2, -0.15) is 0 Å². The van der Waals surface area contributed by atoms with Gasteiger partial charge in [-0.1, -0.05) is 42.0 Å². The molecule has 1 saturated carbocycles. The lowest BCUT2D eigenvalue weighted by atomic mass is 9.75. The number of benzene rings is 1. The number of aromatic nitrogens is 1. The minimum absolute atomic E-state index is 0.00826. The highest BCUT2D eigenvalue weighted by atomic mass is 35.5. The molecule has 0 amide bonds. The number of nitrogens with zero attached hydrogens (tertiary/aromatic N) is 1. The van der Waals surface area contributed by atoms with E-state index in [-0.39, 0.29) is 17.6 Å². The molecule has 1 aromatic carbocycles. The Balaban J connectivity index is 1.72. The maximum atomic E-state index is 13.0. The van der Waals surface area contributed by atoms with Crippen molar-refractivity contribution in [2.75, 3.05) is 0 Å². The van der Waals surface area contributed by atoms with E-state index in [1.54, 1.807) is 6.20 Å². The van der Waals surface area contributed by atoms with E-state index in [1.165, 1.54) is 5.56 Å². The number of pyridine rings is 1. The zero-order chi connectivity index (χ0) is 15.1. The van der Waals surface area contributed by atoms with Crippen molar-refractivity contribution in [1.82, 2.24) is 4.98 Å². The SMILES string of the molecule is O=C(c1ccccn1)[C@@H]1[C@@H](c2ccc(Cl)cc2)[C@@H]2C=C[C@H]1C2. The van der Waals surface area contributed by atoms with Crippen LogP contribution < -0.4 is 0 Å². The summed E-state index contributed by atoms with van der Waals surface area (Å²) in [5, 5.41) is 0.732. The number of carbonyl (C=O) groups is 1. The van der Waals surface area contributed by atoms with Crippen molar-refractivity contribution in [2.45, 2.75) is 12.3 Å². The third-order valence-corrected chi connectivity index (χ3v) is 5.19. The summed E-state index contributed by atoms with van der Waals surface area (Å²) < 4.78 is 0. The summed E-state index contributed by atoms with van der Waals surface area (Å²) in [5.74, 6) is 1.18. The van der Waals surface area contributed by atoms with Crippen LogP contribution in [-0.2, 0) is 0 Å². The Morgan fingerprint density at radius 1 is 1.05 bits per heavy atom. The monoisotopic (exact) mass is 309 g/mol. The highest BCUT2D eigenvalue weighted by molar-refractivity contribution is 6.30. The molecule has 2 nitrogen and oxygen atoms in total. The summed E-state index contributed by atoms with van der Waals surface area (Å²) in [5.41, 5.74) is 1.78. The predicted molar refractivity (Wildman–Crippen MR) is 87.0 cm³/mol. The van der Waals surface area contributed by atoms with Crippen LogP contribution in [0.5, 0.6) is 0 Å². The molecule has 1 aromatic heterocycles. The average molecular weight is 310 g/mol. The summed E-state index contributed by atoms with van der Waals surface area (Å²) in [6.07, 6.45) is 7.23. The molecule has 3 heteroatoms. The third kappa shape index (κ3) is 2.19. The summed E-state index contributed by atoms with van der Waals surface area (Å²) >= 11 is 6.00. The smallest absolute Gasteiger partial charge is 0.185 e. The van der Waals surface area contributed by atoms with Gasteiger partial charge in [0, 0.05) is 23.1 Å². The van der Waals surface area contributed by atoms with Gasteiger partial charge in [0.05, 0.1) is 0 Å². The molecular formula is C19H16ClNO. The molecule has 0 radical (unpaired) electrons. The molecule has 4 atom stereocenters. The molecule has 4 rings (SSSR count). The third-order valence-electron chi connectivity index (χ3n) is 4.93. The topological polar surface area (TPSA) is 30.0 Å². The summed E-state index contributed by atoms with van der Waals surface area (Å²) in [6.45, 7) is 0. The van der Waals surface area contributed by atoms with E-state index in [4.69, 9.17) is 11.6 Å². The van der Waals surface area contributed by atoms with Gasteiger partial charge < -0.3 is 0 Å². The van der Waals surface area contributed by atoms with E-state index in [0.29, 0.717) is 17.5 Å². The molecule has 1 heterocycles. The van der Waals surface area contributed by atoms with Crippen LogP contribution >= 0.6 is 11.6 Å². The first-order valence-electron chi connectivity index (χ1n) is 7.63. The first kappa shape index (κ1) is 13.7. The first-order chi connectivity index (χ1) is 10.7. The number of fused-ring (bicyclic) bond motifs is 2. The Kier molecular flexibility index (Phi) is 3.34. The van der Waals surface area contributed by atoms with Crippen molar-refractivity contribution < 1.29 is 4.79 Å². The van der Waals surface area contributed by atoms with Gasteiger partial charge in [0.15, 0.2) is 5.78 Å². The standard InChI is InChI=1S/C19H16ClNO/c20-15-8-6-12(7-9-15)17-13-4-5-14(11-13)18(17)19(22)16-3-1-2-10-21-16/h1-10,13-14,17-18H,11H2/t13-,14+,17+,18+/m1/s1. The van der Waals surface area contributed by atoms with E-state index < -0.39 is 0 Å². The van der Waals surface area contributed by atoms with E-state index >= 15 is 0 Å². The zero-order valence-electron chi connectivity index (χ0n) is 12.0. The van der Waals surface area contributed by atoms with Crippen LogP contribution in [0.3, 0.4) is 0 Å². The van der Waals surface area contributed by atoms with Crippen LogP contribution in [0.4, 0.5) is 0 Å². The van der Waals surface area contributed by atoms with Crippen molar-refractivity contribution in [2.24, 2.45) is 17.8 Å². The molecule has 2 aliphatic rings. The fourth-order valence-corrected chi connectivity index (χ4v) is 4.12. The van der Waals surface area contributed by atoms with Crippen molar-refractivity contribution in [3.63, 3.8) is 0 Å². The minimum atomic E-state index is -0.00826. The highest BCUT2D eigenvalue weighted by Crippen LogP contribution is 2.53. The fourth-order valence-electron chi connectivity index (χ4n) is 4.00. The van der Waals surface area contributed by atoms with Gasteiger partial charge in [-0.05, 0) is 48.1 Å². The molecule has 22 heavy (non-hydrogen) atoms. The van der Waals surface area contributed by atoms with Gasteiger partial charge >= 0.3 is 0 Å². The van der Waals surface area contributed by atoms with Crippen LogP contribution in [0, 0.1) is 17.8 Å². The lowest BCUT2D eigenvalue weighted by molar-refractivity contribution is 0.0881. The number of halogens is 1. The second-order valence-electron chi connectivity index (χ2n) is 6.13. The van der Waals surface area contributed by atoms with Crippen LogP contribution in [0.25, 0.3) is 0 Å². The van der Waals surface area contributed by atoms with Crippen molar-refractivity contribution in [1.29, 1.82) is 0 Å². The molecule has 110 valence electrons. The van der Waals surface area contributed by atoms with E-state index in [1.807, 2.05) is 30.3 Å². The van der Waals surface area contributed by atoms with E-state index in [0.717, 1.165) is 11.4 Å². The Bertz CT molecular complexity index is 723. The number of allylic oxidation sites excluding steroid dienone is 2. The van der Waals surface area contributed by atoms with Crippen LogP contribution in [0.1, 0.15) is 28.4 Å². The van der Waals surface area contributed by atoms with Gasteiger partial charge in [0.25, 0.3) is 0 Å². The van der Waals surface area contributed by atoms with Gasteiger partial charge in [-0.15, -0.1) is 0 Å². The predicted octanol–water partition coefficient (Wildman–Crippen LogP) is 4.52. The highest BCUT2D eigenvalue weighted by Gasteiger charge is 2.48. The Labute approximate surface area is 134 Å². The van der Waals surface area contributed by atoms with Crippen LogP contribution in [-0.4, -0.2) is 10.8 Å². The summed E-state index contributed by atoms with van der Waals surface area (Å²) in [7, 11) is 0. The first-order valence-corrected chi connectivity index (χ1v) is 8.01. The number of hydrogen-bond donors (Lipinski definition) is 0. The number of hydrogen-bond acceptors (Lipinski definition) is 2. The minimum Gasteiger partial charge on any atom is -0.292 e. The number of Topliss-reactive ketones (excluding diaryl/α,β-unsaturated/α-hetero) is 1. The lowest BCUT2D eigenvalue weighted by Crippen LogP contribution is -2.27. The quantitative estimate of drug-likeness (QED) is 0.616. The summed E-state index contributed by atoms with van der Waals surface area (Å²) in [6, 6.07) is 13.5. The van der Waals surface area contributed by atoms with E-state index in [2.05, 4.69) is 29.3 Å². The molecule has 0 aliphatic heterocycles. The second kappa shape index (κ2) is 5.36. The second-order valence-corrected chi connectivity index (χ2v) is 6.57. The molecule has 0 unspecified atom stereocenters. The van der Waals surface area contributed by atoms with Crippen LogP contribution in [0.15, 0.2) is 60.8 Å². The Morgan fingerprint density at radius 2 is 1.82 bits per heavy atom. The molecule has 2 bridgehead atoms. The average Bonchev–Trinajstić information content (AvgIpc) is 3.17. The fraction of sp³-hybridized carbons (Fsp3) is 0.263. The van der Waals surface area contributed by atoms with Crippen LogP contribution in [0.2, 0.25) is 5.02 Å². The number of rotatable bonds is 3. The zero-order valence-corrected chi connectivity index (χ0v) is 12.8. The van der Waals surface area contributed by atoms with Crippen molar-refractivity contribution >= 4 is 17.4 Å². The normalized spacial score (nSPS) is 29.0. The van der Waals surface area contributed by atoms with Gasteiger partial charge in [0.2, 0.25) is 0 Å². The summed E-state index contributed by atoms with van der Waals surface area (Å²) in [4.78, 5) is 17.2. The lowest BCUT2D eigenvalue weighted by Gasteiger charge is -2.27. The Hall–Kier alpha value is -1.93. The van der Waals surface area contributed by atoms with Gasteiger partial charge in [0.1, 0.15) is 5.69 Å². The van der Waals surface area contributed by atoms with Gasteiger partial charge in [-0.25, -0.2) is 0 Å². The van der Waals surface area contributed by atoms with Gasteiger partial charge in [-0.3, -0.25) is 9.78 Å². The molecule has 1 fully saturated rings.